The average Bonchev–Trinajstić information content (AvgIpc) is 2.81. The highest BCUT2D eigenvalue weighted by atomic mass is 16.7. The number of hydroxylamine groups is 1. The van der Waals surface area contributed by atoms with Gasteiger partial charge in [0, 0.05) is 22.7 Å². The standard InChI is InChI=1S/C28H37NO9/c1-13-9-17(36-20(31)12-29-38-25(34)26(3,4)5)24(33)28(7)15(13)10-18-27(6)16(11-19(30)37-18)14(2)22(35-8)21(32)23(27)28/h9,13,15-16,18,23,29H,10-12H2,1-8H3/t13-,15+,16+,18-,23+,27-,28+/m1/s1. The van der Waals surface area contributed by atoms with Gasteiger partial charge in [0.15, 0.2) is 11.5 Å². The van der Waals surface area contributed by atoms with E-state index in [2.05, 4.69) is 5.48 Å². The molecule has 0 aromatic carbocycles. The van der Waals surface area contributed by atoms with Crippen molar-refractivity contribution in [2.45, 2.75) is 67.4 Å². The van der Waals surface area contributed by atoms with Gasteiger partial charge in [0.1, 0.15) is 12.6 Å². The fraction of sp³-hybridized carbons (Fsp3) is 0.679. The lowest BCUT2D eigenvalue weighted by Crippen LogP contribution is -2.69. The maximum absolute atomic E-state index is 14.1. The number of allylic oxidation sites excluding steroid dienone is 4. The van der Waals surface area contributed by atoms with E-state index in [1.165, 1.54) is 7.11 Å². The number of Topliss-reactive ketones (excluding diaryl/α,β-unsaturated/α-hetero) is 2. The fourth-order valence-electron chi connectivity index (χ4n) is 7.20. The molecular formula is C28H37NO9. The fourth-order valence-corrected chi connectivity index (χ4v) is 7.20. The summed E-state index contributed by atoms with van der Waals surface area (Å²) in [6, 6.07) is 0. The molecule has 10 heteroatoms. The van der Waals surface area contributed by atoms with Crippen LogP contribution in [0.25, 0.3) is 0 Å². The zero-order chi connectivity index (χ0) is 28.4. The molecule has 3 aliphatic carbocycles. The Balaban J connectivity index is 1.66. The Morgan fingerprint density at radius 2 is 1.84 bits per heavy atom. The highest BCUT2D eigenvalue weighted by Gasteiger charge is 2.72. The van der Waals surface area contributed by atoms with Gasteiger partial charge in [0.05, 0.1) is 18.9 Å². The van der Waals surface area contributed by atoms with Crippen LogP contribution in [0.15, 0.2) is 23.2 Å². The number of ether oxygens (including phenoxy) is 3. The lowest BCUT2D eigenvalue weighted by atomic mass is 9.40. The number of esters is 2. The van der Waals surface area contributed by atoms with Crippen LogP contribution < -0.4 is 5.48 Å². The van der Waals surface area contributed by atoms with Gasteiger partial charge in [-0.1, -0.05) is 20.8 Å². The second-order valence-electron chi connectivity index (χ2n) is 12.4. The molecule has 208 valence electrons. The first-order valence-corrected chi connectivity index (χ1v) is 13.0. The normalized spacial score (nSPS) is 36.5. The van der Waals surface area contributed by atoms with Gasteiger partial charge in [-0.15, -0.1) is 5.48 Å². The molecule has 4 aliphatic rings. The molecule has 0 spiro atoms. The Labute approximate surface area is 222 Å². The molecule has 38 heavy (non-hydrogen) atoms. The SMILES string of the molecule is COC1=C(C)[C@@H]2CC(=O)O[C@@H]3C[C@H]4[C@H](C)C=C(OC(=O)CNOC(=O)C(C)(C)C)C(=O)[C@]4(C)[C@@H](C1=O)[C@@]32C. The Morgan fingerprint density at radius 1 is 1.18 bits per heavy atom. The summed E-state index contributed by atoms with van der Waals surface area (Å²) in [5, 5.41) is 0. The van der Waals surface area contributed by atoms with Crippen LogP contribution in [-0.4, -0.2) is 49.2 Å². The van der Waals surface area contributed by atoms with Crippen LogP contribution >= 0.6 is 0 Å². The van der Waals surface area contributed by atoms with E-state index in [4.69, 9.17) is 19.0 Å². The van der Waals surface area contributed by atoms with Crippen molar-refractivity contribution in [2.75, 3.05) is 13.7 Å². The number of carbonyl (C=O) groups is 5. The number of hydrogen-bond acceptors (Lipinski definition) is 10. The minimum atomic E-state index is -1.23. The minimum Gasteiger partial charge on any atom is -0.493 e. The molecule has 1 aliphatic heterocycles. The number of methoxy groups -OCH3 is 1. The summed E-state index contributed by atoms with van der Waals surface area (Å²) in [7, 11) is 1.42. The summed E-state index contributed by atoms with van der Waals surface area (Å²) in [4.78, 5) is 70.1. The highest BCUT2D eigenvalue weighted by molar-refractivity contribution is 6.08. The van der Waals surface area contributed by atoms with Crippen LogP contribution in [0.1, 0.15) is 61.3 Å². The second kappa shape index (κ2) is 9.32. The van der Waals surface area contributed by atoms with Gasteiger partial charge in [-0.3, -0.25) is 19.2 Å². The number of ketones is 2. The van der Waals surface area contributed by atoms with Crippen molar-refractivity contribution in [1.29, 1.82) is 0 Å². The van der Waals surface area contributed by atoms with E-state index in [1.807, 2.05) is 13.8 Å². The van der Waals surface area contributed by atoms with Crippen molar-refractivity contribution in [2.24, 2.45) is 39.9 Å². The first-order chi connectivity index (χ1) is 17.6. The third-order valence-electron chi connectivity index (χ3n) is 9.10. The minimum absolute atomic E-state index is 0.0939. The van der Waals surface area contributed by atoms with Crippen molar-refractivity contribution in [1.82, 2.24) is 5.48 Å². The molecule has 0 amide bonds. The van der Waals surface area contributed by atoms with Crippen molar-refractivity contribution in [3.63, 3.8) is 0 Å². The van der Waals surface area contributed by atoms with Crippen LogP contribution in [-0.2, 0) is 43.0 Å². The van der Waals surface area contributed by atoms with Gasteiger partial charge >= 0.3 is 17.9 Å². The van der Waals surface area contributed by atoms with E-state index in [0.29, 0.717) is 12.0 Å². The van der Waals surface area contributed by atoms with Crippen molar-refractivity contribution in [3.05, 3.63) is 23.2 Å². The Hall–Kier alpha value is -3.01. The van der Waals surface area contributed by atoms with E-state index in [-0.39, 0.29) is 47.4 Å². The largest absolute Gasteiger partial charge is 0.493 e. The van der Waals surface area contributed by atoms with E-state index < -0.39 is 52.5 Å². The second-order valence-corrected chi connectivity index (χ2v) is 12.4. The van der Waals surface area contributed by atoms with Crippen molar-refractivity contribution >= 4 is 29.5 Å². The predicted molar refractivity (Wildman–Crippen MR) is 132 cm³/mol. The highest BCUT2D eigenvalue weighted by Crippen LogP contribution is 2.67. The van der Waals surface area contributed by atoms with Crippen LogP contribution in [0.4, 0.5) is 0 Å². The van der Waals surface area contributed by atoms with Crippen LogP contribution in [0.3, 0.4) is 0 Å². The molecule has 1 heterocycles. The Bertz CT molecular complexity index is 1160. The zero-order valence-corrected chi connectivity index (χ0v) is 23.3. The summed E-state index contributed by atoms with van der Waals surface area (Å²) in [6.45, 7) is 11.9. The number of carbonyl (C=O) groups excluding carboxylic acids is 5. The maximum Gasteiger partial charge on any atom is 0.329 e. The van der Waals surface area contributed by atoms with E-state index >= 15 is 0 Å². The maximum atomic E-state index is 14.1. The lowest BCUT2D eigenvalue weighted by molar-refractivity contribution is -0.217. The summed E-state index contributed by atoms with van der Waals surface area (Å²) >= 11 is 0. The number of fused-ring (bicyclic) bond motifs is 2. The summed E-state index contributed by atoms with van der Waals surface area (Å²) in [6.07, 6.45) is 1.55. The first kappa shape index (κ1) is 28.0. The molecule has 1 saturated carbocycles. The molecule has 0 radical (unpaired) electrons. The molecule has 1 N–H and O–H groups in total. The summed E-state index contributed by atoms with van der Waals surface area (Å²) < 4.78 is 16.8. The van der Waals surface area contributed by atoms with Crippen LogP contribution in [0.5, 0.6) is 0 Å². The predicted octanol–water partition coefficient (Wildman–Crippen LogP) is 2.81. The smallest absolute Gasteiger partial charge is 0.329 e. The molecular weight excluding hydrogens is 494 g/mol. The number of nitrogens with one attached hydrogen (secondary N) is 1. The Morgan fingerprint density at radius 3 is 2.45 bits per heavy atom. The average molecular weight is 532 g/mol. The van der Waals surface area contributed by atoms with Crippen molar-refractivity contribution < 1.29 is 43.0 Å². The molecule has 7 atom stereocenters. The van der Waals surface area contributed by atoms with Crippen molar-refractivity contribution in [3.8, 4) is 0 Å². The van der Waals surface area contributed by atoms with E-state index in [1.54, 1.807) is 40.7 Å². The van der Waals surface area contributed by atoms with Gasteiger partial charge in [-0.05, 0) is 57.6 Å². The molecule has 0 unspecified atom stereocenters. The first-order valence-electron chi connectivity index (χ1n) is 13.0. The third-order valence-corrected chi connectivity index (χ3v) is 9.10. The summed E-state index contributed by atoms with van der Waals surface area (Å²) in [5.41, 5.74) is 0.159. The topological polar surface area (TPSA) is 134 Å². The number of rotatable bonds is 5. The molecule has 0 bridgehead atoms. The van der Waals surface area contributed by atoms with E-state index in [0.717, 1.165) is 0 Å². The van der Waals surface area contributed by atoms with Crippen LogP contribution in [0, 0.1) is 39.9 Å². The monoisotopic (exact) mass is 531 g/mol. The summed E-state index contributed by atoms with van der Waals surface area (Å²) in [5.74, 6) is -4.20. The van der Waals surface area contributed by atoms with Gasteiger partial charge < -0.3 is 19.0 Å². The molecule has 0 aromatic rings. The molecule has 2 fully saturated rings. The van der Waals surface area contributed by atoms with Crippen LogP contribution in [0.2, 0.25) is 0 Å². The van der Waals surface area contributed by atoms with Gasteiger partial charge in [-0.2, -0.15) is 0 Å². The third kappa shape index (κ3) is 4.08. The zero-order valence-electron chi connectivity index (χ0n) is 23.3. The van der Waals surface area contributed by atoms with Gasteiger partial charge in [0.2, 0.25) is 11.6 Å². The Kier molecular flexibility index (Phi) is 6.87. The lowest BCUT2D eigenvalue weighted by Gasteiger charge is -2.64. The molecule has 0 aromatic heterocycles. The quantitative estimate of drug-likeness (QED) is 0.321. The molecule has 10 nitrogen and oxygen atoms in total. The molecule has 4 rings (SSSR count). The number of hydrogen-bond donors (Lipinski definition) is 1. The van der Waals surface area contributed by atoms with Gasteiger partial charge in [0.25, 0.3) is 0 Å². The molecule has 1 saturated heterocycles. The van der Waals surface area contributed by atoms with Gasteiger partial charge in [-0.25, -0.2) is 4.79 Å². The van der Waals surface area contributed by atoms with E-state index in [9.17, 15) is 24.0 Å².